The minimum absolute atomic E-state index is 0.0523. The molecule has 0 unspecified atom stereocenters. The molecule has 7 heteroatoms. The number of hydrogen-bond donors (Lipinski definition) is 0. The topological polar surface area (TPSA) is 97.6 Å². The summed E-state index contributed by atoms with van der Waals surface area (Å²) in [6, 6.07) is 19.3. The number of nitro benzene ring substituents is 1. The molecule has 3 aromatic carbocycles. The van der Waals surface area contributed by atoms with Crippen LogP contribution in [-0.2, 0) is 19.8 Å². The summed E-state index contributed by atoms with van der Waals surface area (Å²) in [7, 11) is 0. The average Bonchev–Trinajstić information content (AvgIpc) is 3.10. The summed E-state index contributed by atoms with van der Waals surface area (Å²) >= 11 is 0. The predicted octanol–water partition coefficient (Wildman–Crippen LogP) is 3.65. The molecule has 0 spiro atoms. The van der Waals surface area contributed by atoms with Gasteiger partial charge >= 0.3 is 0 Å². The van der Waals surface area contributed by atoms with Gasteiger partial charge in [-0.15, -0.1) is 0 Å². The number of anilines is 1. The van der Waals surface area contributed by atoms with Crippen molar-refractivity contribution in [2.75, 3.05) is 4.90 Å². The molecule has 4 aliphatic rings. The van der Waals surface area contributed by atoms with Crippen LogP contribution in [0.25, 0.3) is 0 Å². The Labute approximate surface area is 188 Å². The first-order valence-electron chi connectivity index (χ1n) is 10.7. The third-order valence-electron chi connectivity index (χ3n) is 7.44. The third-order valence-corrected chi connectivity index (χ3v) is 7.44. The van der Waals surface area contributed by atoms with Crippen LogP contribution in [0.4, 0.5) is 11.4 Å². The molecule has 0 aromatic heterocycles. The smallest absolute Gasteiger partial charge is 0.293 e. The molecule has 1 heterocycles. The van der Waals surface area contributed by atoms with Crippen LogP contribution < -0.4 is 4.90 Å². The van der Waals surface area contributed by atoms with Crippen molar-refractivity contribution < 1.29 is 19.3 Å². The summed E-state index contributed by atoms with van der Waals surface area (Å²) in [4.78, 5) is 52.8. The highest BCUT2D eigenvalue weighted by molar-refractivity contribution is 6.25. The van der Waals surface area contributed by atoms with Gasteiger partial charge in [0.2, 0.25) is 11.8 Å². The fourth-order valence-corrected chi connectivity index (χ4v) is 6.24. The first-order valence-corrected chi connectivity index (χ1v) is 10.7. The number of imide groups is 1. The molecule has 0 N–H and O–H groups in total. The second-order valence-corrected chi connectivity index (χ2v) is 8.90. The van der Waals surface area contributed by atoms with Crippen LogP contribution in [0.3, 0.4) is 0 Å². The lowest BCUT2D eigenvalue weighted by atomic mass is 9.48. The molecule has 33 heavy (non-hydrogen) atoms. The van der Waals surface area contributed by atoms with Crippen molar-refractivity contribution in [1.29, 1.82) is 0 Å². The SMILES string of the molecule is Cc1ccc(N2C(=O)[C@@H]3C4c5ccccc5C(C=O)(c5ccccc54)[C@@H]3C2=O)c([N+](=O)[O-])c1. The zero-order chi connectivity index (χ0) is 23.1. The van der Waals surface area contributed by atoms with Gasteiger partial charge in [0, 0.05) is 12.0 Å². The van der Waals surface area contributed by atoms with E-state index in [-0.39, 0.29) is 11.4 Å². The molecule has 1 saturated heterocycles. The number of hydrogen-bond acceptors (Lipinski definition) is 5. The van der Waals surface area contributed by atoms with Gasteiger partial charge < -0.3 is 4.79 Å². The van der Waals surface area contributed by atoms with Crippen molar-refractivity contribution in [2.45, 2.75) is 18.3 Å². The molecule has 2 bridgehead atoms. The van der Waals surface area contributed by atoms with E-state index in [1.165, 1.54) is 12.1 Å². The summed E-state index contributed by atoms with van der Waals surface area (Å²) in [6.07, 6.45) is 0.788. The van der Waals surface area contributed by atoms with Gasteiger partial charge in [-0.25, -0.2) is 4.90 Å². The van der Waals surface area contributed by atoms with E-state index in [0.29, 0.717) is 5.56 Å². The zero-order valence-corrected chi connectivity index (χ0v) is 17.6. The maximum Gasteiger partial charge on any atom is 0.293 e. The van der Waals surface area contributed by atoms with Crippen LogP contribution in [0.1, 0.15) is 33.7 Å². The Kier molecular flexibility index (Phi) is 3.82. The summed E-state index contributed by atoms with van der Waals surface area (Å²) in [6.45, 7) is 1.71. The van der Waals surface area contributed by atoms with E-state index in [2.05, 4.69) is 0 Å². The number of rotatable bonds is 3. The van der Waals surface area contributed by atoms with E-state index in [0.717, 1.165) is 33.4 Å². The zero-order valence-electron chi connectivity index (χ0n) is 17.6. The number of nitrogens with zero attached hydrogens (tertiary/aromatic N) is 2. The molecule has 1 aliphatic heterocycles. The Bertz CT molecular complexity index is 1360. The van der Waals surface area contributed by atoms with E-state index in [1.807, 2.05) is 48.5 Å². The number of amides is 2. The van der Waals surface area contributed by atoms with Crippen LogP contribution in [0.15, 0.2) is 66.7 Å². The summed E-state index contributed by atoms with van der Waals surface area (Å²) in [5, 5.41) is 11.8. The number of aldehydes is 1. The summed E-state index contributed by atoms with van der Waals surface area (Å²) in [5.41, 5.74) is 2.12. The minimum atomic E-state index is -1.33. The molecular formula is C26H18N2O5. The second-order valence-electron chi connectivity index (χ2n) is 8.90. The molecule has 0 radical (unpaired) electrons. The van der Waals surface area contributed by atoms with Gasteiger partial charge in [0.05, 0.1) is 22.2 Å². The monoisotopic (exact) mass is 438 g/mol. The number of nitro groups is 1. The molecular weight excluding hydrogens is 420 g/mol. The van der Waals surface area contributed by atoms with E-state index < -0.39 is 39.9 Å². The lowest BCUT2D eigenvalue weighted by molar-refractivity contribution is -0.384. The summed E-state index contributed by atoms with van der Waals surface area (Å²) in [5.74, 6) is -3.25. The normalized spacial score (nSPS) is 26.6. The minimum Gasteiger partial charge on any atom is -0.302 e. The Morgan fingerprint density at radius 1 is 0.939 bits per heavy atom. The Hall–Kier alpha value is -4.13. The van der Waals surface area contributed by atoms with Crippen molar-refractivity contribution in [3.05, 3.63) is 105 Å². The molecule has 162 valence electrons. The van der Waals surface area contributed by atoms with Crippen LogP contribution in [0.2, 0.25) is 0 Å². The van der Waals surface area contributed by atoms with Crippen molar-refractivity contribution in [1.82, 2.24) is 0 Å². The molecule has 3 aliphatic carbocycles. The number of aryl methyl sites for hydroxylation is 1. The quantitative estimate of drug-likeness (QED) is 0.269. The van der Waals surface area contributed by atoms with Gasteiger partial charge in [-0.2, -0.15) is 0 Å². The van der Waals surface area contributed by atoms with Crippen molar-refractivity contribution in [3.8, 4) is 0 Å². The highest BCUT2D eigenvalue weighted by atomic mass is 16.6. The Morgan fingerprint density at radius 3 is 2.12 bits per heavy atom. The molecule has 2 amide bonds. The molecule has 2 atom stereocenters. The van der Waals surface area contributed by atoms with Gasteiger partial charge in [0.1, 0.15) is 12.0 Å². The largest absolute Gasteiger partial charge is 0.302 e. The Balaban J connectivity index is 1.64. The van der Waals surface area contributed by atoms with Crippen LogP contribution in [-0.4, -0.2) is 23.0 Å². The van der Waals surface area contributed by atoms with E-state index >= 15 is 0 Å². The van der Waals surface area contributed by atoms with Crippen LogP contribution in [0, 0.1) is 28.9 Å². The fourth-order valence-electron chi connectivity index (χ4n) is 6.24. The third kappa shape index (κ3) is 2.21. The maximum absolute atomic E-state index is 13.9. The van der Waals surface area contributed by atoms with Crippen LogP contribution in [0.5, 0.6) is 0 Å². The van der Waals surface area contributed by atoms with Gasteiger partial charge in [0.15, 0.2) is 0 Å². The molecule has 7 nitrogen and oxygen atoms in total. The molecule has 0 saturated carbocycles. The first-order chi connectivity index (χ1) is 15.9. The number of carbonyl (C=O) groups excluding carboxylic acids is 3. The van der Waals surface area contributed by atoms with Crippen molar-refractivity contribution in [3.63, 3.8) is 0 Å². The lowest BCUT2D eigenvalue weighted by Gasteiger charge is -2.51. The average molecular weight is 438 g/mol. The van der Waals surface area contributed by atoms with E-state index in [4.69, 9.17) is 0 Å². The number of carbonyl (C=O) groups is 3. The molecule has 1 fully saturated rings. The van der Waals surface area contributed by atoms with E-state index in [1.54, 1.807) is 13.0 Å². The summed E-state index contributed by atoms with van der Waals surface area (Å²) < 4.78 is 0. The maximum atomic E-state index is 13.9. The lowest BCUT2D eigenvalue weighted by Crippen LogP contribution is -2.54. The van der Waals surface area contributed by atoms with Crippen molar-refractivity contribution >= 4 is 29.5 Å². The highest BCUT2D eigenvalue weighted by Crippen LogP contribution is 2.63. The first kappa shape index (κ1) is 19.5. The van der Waals surface area contributed by atoms with Gasteiger partial charge in [0.25, 0.3) is 5.69 Å². The Morgan fingerprint density at radius 2 is 1.55 bits per heavy atom. The molecule has 7 rings (SSSR count). The van der Waals surface area contributed by atoms with Gasteiger partial charge in [-0.1, -0.05) is 54.6 Å². The van der Waals surface area contributed by atoms with Crippen LogP contribution >= 0.6 is 0 Å². The van der Waals surface area contributed by atoms with Gasteiger partial charge in [-0.05, 0) is 40.8 Å². The standard InChI is InChI=1S/C26H18N2O5/c1-14-10-11-19(20(12-14)28(32)33)27-24(30)22-21-15-6-2-4-8-17(15)26(13-29,23(22)25(27)31)18-9-5-3-7-16(18)21/h2-13,21-23H,1H3/t21?,22-,23+,26?/m1/s1. The predicted molar refractivity (Wildman–Crippen MR) is 119 cm³/mol. The van der Waals surface area contributed by atoms with Gasteiger partial charge in [-0.3, -0.25) is 19.7 Å². The molecule has 3 aromatic rings. The van der Waals surface area contributed by atoms with Crippen molar-refractivity contribution in [2.24, 2.45) is 11.8 Å². The fraction of sp³-hybridized carbons (Fsp3) is 0.192. The van der Waals surface area contributed by atoms with E-state index in [9.17, 15) is 24.5 Å². The number of benzene rings is 3. The highest BCUT2D eigenvalue weighted by Gasteiger charge is 2.68. The second kappa shape index (κ2) is 6.45.